The molecule has 0 bridgehead atoms. The molecule has 5 nitrogen and oxygen atoms in total. The fourth-order valence-electron chi connectivity index (χ4n) is 3.04. The summed E-state index contributed by atoms with van der Waals surface area (Å²) in [6, 6.07) is 0.209. The van der Waals surface area contributed by atoms with E-state index < -0.39 is 0 Å². The first-order valence-electron chi connectivity index (χ1n) is 8.36. The Bertz CT molecular complexity index is 295. The van der Waals surface area contributed by atoms with E-state index in [-0.39, 0.29) is 11.9 Å². The predicted molar refractivity (Wildman–Crippen MR) is 86.2 cm³/mol. The van der Waals surface area contributed by atoms with Crippen molar-refractivity contribution in [3.63, 3.8) is 0 Å². The van der Waals surface area contributed by atoms with Crippen molar-refractivity contribution in [1.29, 1.82) is 0 Å². The molecule has 1 saturated carbocycles. The van der Waals surface area contributed by atoms with Crippen LogP contribution in [0, 0.1) is 5.92 Å². The predicted octanol–water partition coefficient (Wildman–Crippen LogP) is 1.32. The average molecular weight is 299 g/mol. The lowest BCUT2D eigenvalue weighted by Crippen LogP contribution is -2.41. The monoisotopic (exact) mass is 299 g/mol. The summed E-state index contributed by atoms with van der Waals surface area (Å²) in [5.41, 5.74) is 6.09. The van der Waals surface area contributed by atoms with Crippen LogP contribution in [0.25, 0.3) is 0 Å². The molecule has 0 unspecified atom stereocenters. The number of likely N-dealkylation sites (N-methyl/N-ethyl adjacent to an activating group) is 1. The van der Waals surface area contributed by atoms with E-state index in [0.717, 1.165) is 45.4 Å². The minimum atomic E-state index is 0.209. The Morgan fingerprint density at radius 3 is 2.43 bits per heavy atom. The minimum Gasteiger partial charge on any atom is -0.383 e. The van der Waals surface area contributed by atoms with Crippen LogP contribution >= 0.6 is 0 Å². The number of hydrogen-bond donors (Lipinski definition) is 1. The van der Waals surface area contributed by atoms with Gasteiger partial charge in [-0.1, -0.05) is 20.3 Å². The van der Waals surface area contributed by atoms with Crippen LogP contribution in [0.3, 0.4) is 0 Å². The lowest BCUT2D eigenvalue weighted by molar-refractivity contribution is -0.133. The van der Waals surface area contributed by atoms with E-state index in [2.05, 4.69) is 18.7 Å². The molecule has 124 valence electrons. The van der Waals surface area contributed by atoms with E-state index >= 15 is 0 Å². The number of methoxy groups -OCH3 is 1. The van der Waals surface area contributed by atoms with E-state index in [9.17, 15) is 4.79 Å². The third-order valence-corrected chi connectivity index (χ3v) is 4.65. The number of nitrogens with zero attached hydrogens (tertiary/aromatic N) is 2. The van der Waals surface area contributed by atoms with Crippen molar-refractivity contribution in [2.45, 2.75) is 45.6 Å². The third-order valence-electron chi connectivity index (χ3n) is 4.65. The van der Waals surface area contributed by atoms with E-state index in [1.165, 1.54) is 0 Å². The molecule has 1 amide bonds. The van der Waals surface area contributed by atoms with Crippen LogP contribution in [0.15, 0.2) is 0 Å². The number of carbonyl (C=O) groups excluding carboxylic acids is 1. The molecule has 0 aromatic heterocycles. The normalized spacial score (nSPS) is 22.0. The summed E-state index contributed by atoms with van der Waals surface area (Å²) < 4.78 is 5.14. The average Bonchev–Trinajstić information content (AvgIpc) is 2.88. The smallest absolute Gasteiger partial charge is 0.223 e. The Morgan fingerprint density at radius 2 is 1.90 bits per heavy atom. The molecule has 1 rings (SSSR count). The highest BCUT2D eigenvalue weighted by molar-refractivity contribution is 5.76. The fraction of sp³-hybridized carbons (Fsp3) is 0.938. The summed E-state index contributed by atoms with van der Waals surface area (Å²) in [6.45, 7) is 9.35. The van der Waals surface area contributed by atoms with Crippen LogP contribution in [-0.2, 0) is 9.53 Å². The second kappa shape index (κ2) is 10.1. The van der Waals surface area contributed by atoms with Crippen molar-refractivity contribution < 1.29 is 9.53 Å². The van der Waals surface area contributed by atoms with Crippen molar-refractivity contribution >= 4 is 5.91 Å². The van der Waals surface area contributed by atoms with Gasteiger partial charge in [-0.05, 0) is 31.8 Å². The number of hydrogen-bond acceptors (Lipinski definition) is 4. The van der Waals surface area contributed by atoms with Gasteiger partial charge in [0.05, 0.1) is 6.61 Å². The van der Waals surface area contributed by atoms with Crippen LogP contribution in [0.5, 0.6) is 0 Å². The Kier molecular flexibility index (Phi) is 8.88. The van der Waals surface area contributed by atoms with E-state index in [1.807, 2.05) is 4.90 Å². The Balaban J connectivity index is 2.48. The Morgan fingerprint density at radius 1 is 1.19 bits per heavy atom. The van der Waals surface area contributed by atoms with Crippen molar-refractivity contribution in [2.24, 2.45) is 11.7 Å². The second-order valence-corrected chi connectivity index (χ2v) is 5.96. The first kappa shape index (κ1) is 18.4. The molecule has 5 heteroatoms. The van der Waals surface area contributed by atoms with E-state index in [1.54, 1.807) is 7.11 Å². The minimum absolute atomic E-state index is 0.209. The second-order valence-electron chi connectivity index (χ2n) is 5.96. The van der Waals surface area contributed by atoms with E-state index in [4.69, 9.17) is 10.5 Å². The van der Waals surface area contributed by atoms with E-state index in [0.29, 0.717) is 25.5 Å². The van der Waals surface area contributed by atoms with Crippen molar-refractivity contribution in [1.82, 2.24) is 9.80 Å². The van der Waals surface area contributed by atoms with Gasteiger partial charge in [0, 0.05) is 39.2 Å². The Labute approximate surface area is 129 Å². The van der Waals surface area contributed by atoms with Crippen LogP contribution in [0.2, 0.25) is 0 Å². The van der Waals surface area contributed by atoms with Crippen LogP contribution < -0.4 is 5.73 Å². The standard InChI is InChI=1S/C16H33N3O2/c1-4-18(5-2)9-10-19(11-12-21-3)16(20)13-14-7-6-8-15(14)17/h14-15H,4-13,17H2,1-3H3/t14-,15+/m0/s1. The summed E-state index contributed by atoms with van der Waals surface area (Å²) in [6.07, 6.45) is 3.93. The highest BCUT2D eigenvalue weighted by Crippen LogP contribution is 2.27. The zero-order valence-corrected chi connectivity index (χ0v) is 14.0. The van der Waals surface area contributed by atoms with Gasteiger partial charge >= 0.3 is 0 Å². The number of ether oxygens (including phenoxy) is 1. The van der Waals surface area contributed by atoms with Crippen LogP contribution in [0.4, 0.5) is 0 Å². The molecule has 2 N–H and O–H groups in total. The van der Waals surface area contributed by atoms with Crippen molar-refractivity contribution in [3.8, 4) is 0 Å². The van der Waals surface area contributed by atoms with Gasteiger partial charge in [0.15, 0.2) is 0 Å². The van der Waals surface area contributed by atoms with Gasteiger partial charge in [-0.15, -0.1) is 0 Å². The van der Waals surface area contributed by atoms with Gasteiger partial charge in [-0.25, -0.2) is 0 Å². The maximum Gasteiger partial charge on any atom is 0.223 e. The quantitative estimate of drug-likeness (QED) is 0.661. The zero-order valence-electron chi connectivity index (χ0n) is 14.0. The van der Waals surface area contributed by atoms with Crippen molar-refractivity contribution in [2.75, 3.05) is 46.4 Å². The SMILES string of the molecule is CCN(CC)CCN(CCOC)C(=O)C[C@@H]1CCC[C@H]1N. The van der Waals surface area contributed by atoms with Gasteiger partial charge in [-0.3, -0.25) is 4.79 Å². The summed E-state index contributed by atoms with van der Waals surface area (Å²) in [7, 11) is 1.68. The highest BCUT2D eigenvalue weighted by Gasteiger charge is 2.27. The first-order chi connectivity index (χ1) is 10.1. The van der Waals surface area contributed by atoms with Gasteiger partial charge in [-0.2, -0.15) is 0 Å². The molecule has 0 aromatic carbocycles. The molecule has 0 saturated heterocycles. The molecule has 0 radical (unpaired) electrons. The third kappa shape index (κ3) is 6.32. The highest BCUT2D eigenvalue weighted by atomic mass is 16.5. The molecule has 0 spiro atoms. The van der Waals surface area contributed by atoms with Crippen LogP contribution in [-0.4, -0.2) is 68.2 Å². The summed E-state index contributed by atoms with van der Waals surface area (Å²) in [5.74, 6) is 0.609. The maximum absolute atomic E-state index is 12.5. The zero-order chi connectivity index (χ0) is 15.7. The lowest BCUT2D eigenvalue weighted by atomic mass is 9.99. The molecule has 0 aromatic rings. The first-order valence-corrected chi connectivity index (χ1v) is 8.36. The fourth-order valence-corrected chi connectivity index (χ4v) is 3.04. The number of rotatable bonds is 10. The molecule has 1 aliphatic rings. The topological polar surface area (TPSA) is 58.8 Å². The maximum atomic E-state index is 12.5. The van der Waals surface area contributed by atoms with Gasteiger partial charge in [0.25, 0.3) is 0 Å². The lowest BCUT2D eigenvalue weighted by Gasteiger charge is -2.28. The number of nitrogens with two attached hydrogens (primary N) is 1. The van der Waals surface area contributed by atoms with Gasteiger partial charge in [0.1, 0.15) is 0 Å². The molecule has 2 atom stereocenters. The Hall–Kier alpha value is -0.650. The molecule has 1 aliphatic carbocycles. The molecule has 1 fully saturated rings. The number of carbonyl (C=O) groups is 1. The van der Waals surface area contributed by atoms with Gasteiger partial charge in [0.2, 0.25) is 5.91 Å². The van der Waals surface area contributed by atoms with Crippen LogP contribution in [0.1, 0.15) is 39.5 Å². The summed E-state index contributed by atoms with van der Waals surface area (Å²) >= 11 is 0. The largest absolute Gasteiger partial charge is 0.383 e. The summed E-state index contributed by atoms with van der Waals surface area (Å²) in [4.78, 5) is 16.8. The van der Waals surface area contributed by atoms with Gasteiger partial charge < -0.3 is 20.3 Å². The molecule has 21 heavy (non-hydrogen) atoms. The molecule has 0 aliphatic heterocycles. The summed E-state index contributed by atoms with van der Waals surface area (Å²) in [5, 5.41) is 0. The molecular formula is C16H33N3O2. The number of amides is 1. The molecular weight excluding hydrogens is 266 g/mol. The molecule has 0 heterocycles. The van der Waals surface area contributed by atoms with Crippen molar-refractivity contribution in [3.05, 3.63) is 0 Å².